The van der Waals surface area contributed by atoms with E-state index in [0.717, 1.165) is 30.7 Å². The summed E-state index contributed by atoms with van der Waals surface area (Å²) < 4.78 is 5.53. The number of ether oxygens (including phenoxy) is 1. The second-order valence-corrected chi connectivity index (χ2v) is 6.53. The number of likely N-dealkylation sites (tertiary alicyclic amines) is 1. The van der Waals surface area contributed by atoms with E-state index in [1.54, 1.807) is 7.11 Å². The average molecular weight is 290 g/mol. The highest BCUT2D eigenvalue weighted by molar-refractivity contribution is 5.37. The maximum atomic E-state index is 5.53. The number of nitrogens with zero attached hydrogens (tertiary/aromatic N) is 1. The van der Waals surface area contributed by atoms with E-state index in [0.29, 0.717) is 0 Å². The van der Waals surface area contributed by atoms with Crippen molar-refractivity contribution in [2.45, 2.75) is 39.8 Å². The quantitative estimate of drug-likeness (QED) is 0.870. The third-order valence-corrected chi connectivity index (χ3v) is 4.69. The Morgan fingerprint density at radius 1 is 1.29 bits per heavy atom. The Hall–Kier alpha value is -1.06. The van der Waals surface area contributed by atoms with Crippen LogP contribution in [0.1, 0.15) is 37.8 Å². The van der Waals surface area contributed by atoms with E-state index in [1.165, 1.54) is 37.1 Å². The summed E-state index contributed by atoms with van der Waals surface area (Å²) in [7, 11) is 3.75. The van der Waals surface area contributed by atoms with Crippen LogP contribution in [0.15, 0.2) is 18.2 Å². The Kier molecular flexibility index (Phi) is 6.07. The fourth-order valence-corrected chi connectivity index (χ4v) is 3.29. The van der Waals surface area contributed by atoms with Crippen molar-refractivity contribution in [1.82, 2.24) is 10.2 Å². The van der Waals surface area contributed by atoms with Gasteiger partial charge in [-0.25, -0.2) is 0 Å². The fraction of sp³-hybridized carbons (Fsp3) is 0.667. The van der Waals surface area contributed by atoms with Crippen LogP contribution in [0, 0.1) is 11.8 Å². The lowest BCUT2D eigenvalue weighted by atomic mass is 9.86. The number of rotatable bonds is 6. The monoisotopic (exact) mass is 290 g/mol. The molecule has 1 fully saturated rings. The van der Waals surface area contributed by atoms with Crippen LogP contribution in [0.2, 0.25) is 0 Å². The van der Waals surface area contributed by atoms with Crippen molar-refractivity contribution >= 4 is 0 Å². The Morgan fingerprint density at radius 3 is 2.57 bits per heavy atom. The van der Waals surface area contributed by atoms with Crippen LogP contribution in [0.3, 0.4) is 0 Å². The van der Waals surface area contributed by atoms with Gasteiger partial charge in [-0.1, -0.05) is 19.9 Å². The van der Waals surface area contributed by atoms with Crippen LogP contribution in [-0.4, -0.2) is 32.1 Å². The van der Waals surface area contributed by atoms with E-state index in [-0.39, 0.29) is 0 Å². The zero-order valence-electron chi connectivity index (χ0n) is 14.0. The summed E-state index contributed by atoms with van der Waals surface area (Å²) in [4.78, 5) is 2.57. The zero-order valence-corrected chi connectivity index (χ0v) is 14.0. The van der Waals surface area contributed by atoms with Gasteiger partial charge < -0.3 is 10.1 Å². The minimum atomic E-state index is 0.820. The molecule has 0 aromatic heterocycles. The molecule has 1 aliphatic heterocycles. The molecular formula is C18H30N2O. The first-order valence-corrected chi connectivity index (χ1v) is 8.16. The lowest BCUT2D eigenvalue weighted by molar-refractivity contribution is 0.151. The smallest absolute Gasteiger partial charge is 0.123 e. The highest BCUT2D eigenvalue weighted by Gasteiger charge is 2.22. The first-order chi connectivity index (χ1) is 10.1. The number of hydrogen-bond acceptors (Lipinski definition) is 3. The number of nitrogens with one attached hydrogen (secondary N) is 1. The molecule has 1 heterocycles. The Labute approximate surface area is 129 Å². The van der Waals surface area contributed by atoms with Crippen molar-refractivity contribution in [3.8, 4) is 5.75 Å². The molecule has 3 nitrogen and oxygen atoms in total. The van der Waals surface area contributed by atoms with Gasteiger partial charge in [-0.3, -0.25) is 4.90 Å². The molecule has 118 valence electrons. The minimum Gasteiger partial charge on any atom is -0.496 e. The molecule has 1 aliphatic rings. The molecule has 21 heavy (non-hydrogen) atoms. The van der Waals surface area contributed by atoms with Gasteiger partial charge in [0.15, 0.2) is 0 Å². The molecule has 1 N–H and O–H groups in total. The minimum absolute atomic E-state index is 0.820. The zero-order chi connectivity index (χ0) is 15.2. The average Bonchev–Trinajstić information content (AvgIpc) is 2.48. The van der Waals surface area contributed by atoms with Gasteiger partial charge >= 0.3 is 0 Å². The van der Waals surface area contributed by atoms with Gasteiger partial charge in [-0.2, -0.15) is 0 Å². The molecule has 1 aromatic carbocycles. The topological polar surface area (TPSA) is 24.5 Å². The van der Waals surface area contributed by atoms with Gasteiger partial charge in [0.05, 0.1) is 7.11 Å². The molecule has 0 bridgehead atoms. The molecular weight excluding hydrogens is 260 g/mol. The van der Waals surface area contributed by atoms with Gasteiger partial charge in [-0.05, 0) is 62.5 Å². The van der Waals surface area contributed by atoms with Gasteiger partial charge in [0, 0.05) is 18.7 Å². The van der Waals surface area contributed by atoms with E-state index in [9.17, 15) is 0 Å². The van der Waals surface area contributed by atoms with Crippen molar-refractivity contribution in [1.29, 1.82) is 0 Å². The van der Waals surface area contributed by atoms with Gasteiger partial charge in [-0.15, -0.1) is 0 Å². The van der Waals surface area contributed by atoms with Crippen molar-refractivity contribution in [2.24, 2.45) is 11.8 Å². The first kappa shape index (κ1) is 16.3. The van der Waals surface area contributed by atoms with E-state index in [2.05, 4.69) is 42.3 Å². The molecule has 0 radical (unpaired) electrons. The van der Waals surface area contributed by atoms with Crippen LogP contribution in [0.25, 0.3) is 0 Å². The predicted molar refractivity (Wildman–Crippen MR) is 88.6 cm³/mol. The van der Waals surface area contributed by atoms with Crippen molar-refractivity contribution in [3.63, 3.8) is 0 Å². The van der Waals surface area contributed by atoms with E-state index in [4.69, 9.17) is 4.74 Å². The summed E-state index contributed by atoms with van der Waals surface area (Å²) in [5, 5.41) is 3.22. The van der Waals surface area contributed by atoms with Gasteiger partial charge in [0.25, 0.3) is 0 Å². The SMILES string of the molecule is CNCc1ccc(OC)c(CN2CCC(C(C)C)CC2)c1. The highest BCUT2D eigenvalue weighted by Crippen LogP contribution is 2.27. The third-order valence-electron chi connectivity index (χ3n) is 4.69. The summed E-state index contributed by atoms with van der Waals surface area (Å²) in [5.41, 5.74) is 2.64. The van der Waals surface area contributed by atoms with Crippen molar-refractivity contribution in [3.05, 3.63) is 29.3 Å². The lowest BCUT2D eigenvalue weighted by Crippen LogP contribution is -2.34. The molecule has 2 rings (SSSR count). The standard InChI is InChI=1S/C18H30N2O/c1-14(2)16-7-9-20(10-8-16)13-17-11-15(12-19-3)5-6-18(17)21-4/h5-6,11,14,16,19H,7-10,12-13H2,1-4H3. The van der Waals surface area contributed by atoms with Crippen molar-refractivity contribution in [2.75, 3.05) is 27.2 Å². The molecule has 0 aliphatic carbocycles. The maximum Gasteiger partial charge on any atom is 0.123 e. The number of methoxy groups -OCH3 is 1. The summed E-state index contributed by atoms with van der Waals surface area (Å²) in [6, 6.07) is 6.52. The Morgan fingerprint density at radius 2 is 2.00 bits per heavy atom. The molecule has 0 spiro atoms. The van der Waals surface area contributed by atoms with E-state index >= 15 is 0 Å². The van der Waals surface area contributed by atoms with Gasteiger partial charge in [0.2, 0.25) is 0 Å². The summed E-state index contributed by atoms with van der Waals surface area (Å²) >= 11 is 0. The van der Waals surface area contributed by atoms with E-state index in [1.807, 2.05) is 7.05 Å². The van der Waals surface area contributed by atoms with Crippen LogP contribution in [-0.2, 0) is 13.1 Å². The summed E-state index contributed by atoms with van der Waals surface area (Å²) in [5.74, 6) is 2.74. The largest absolute Gasteiger partial charge is 0.496 e. The summed E-state index contributed by atoms with van der Waals surface area (Å²) in [6.45, 7) is 9.04. The van der Waals surface area contributed by atoms with Crippen LogP contribution >= 0.6 is 0 Å². The molecule has 1 aromatic rings. The van der Waals surface area contributed by atoms with Crippen LogP contribution in [0.4, 0.5) is 0 Å². The van der Waals surface area contributed by atoms with Crippen molar-refractivity contribution < 1.29 is 4.74 Å². The van der Waals surface area contributed by atoms with Gasteiger partial charge in [0.1, 0.15) is 5.75 Å². The molecule has 1 saturated heterocycles. The summed E-state index contributed by atoms with van der Waals surface area (Å²) in [6.07, 6.45) is 2.66. The normalized spacial score (nSPS) is 17.4. The Bertz CT molecular complexity index is 437. The van der Waals surface area contributed by atoms with Crippen LogP contribution < -0.4 is 10.1 Å². The second-order valence-electron chi connectivity index (χ2n) is 6.53. The maximum absolute atomic E-state index is 5.53. The third kappa shape index (κ3) is 4.45. The highest BCUT2D eigenvalue weighted by atomic mass is 16.5. The lowest BCUT2D eigenvalue weighted by Gasteiger charge is -2.34. The fourth-order valence-electron chi connectivity index (χ4n) is 3.29. The predicted octanol–water partition coefficient (Wildman–Crippen LogP) is 3.28. The first-order valence-electron chi connectivity index (χ1n) is 8.16. The number of hydrogen-bond donors (Lipinski definition) is 1. The molecule has 0 amide bonds. The molecule has 0 unspecified atom stereocenters. The van der Waals surface area contributed by atoms with Crippen LogP contribution in [0.5, 0.6) is 5.75 Å². The van der Waals surface area contributed by atoms with E-state index < -0.39 is 0 Å². The molecule has 0 saturated carbocycles. The molecule has 3 heteroatoms. The number of benzene rings is 1. The Balaban J connectivity index is 2.00. The second kappa shape index (κ2) is 7.81. The molecule has 0 atom stereocenters. The number of piperidine rings is 1.